The van der Waals surface area contributed by atoms with Crippen LogP contribution in [-0.4, -0.2) is 14.6 Å². The summed E-state index contributed by atoms with van der Waals surface area (Å²) in [7, 11) is 0. The fraction of sp³-hybridized carbons (Fsp3) is 0.455. The van der Waals surface area contributed by atoms with Gasteiger partial charge in [0.2, 0.25) is 0 Å². The van der Waals surface area contributed by atoms with Gasteiger partial charge in [-0.05, 0) is 24.5 Å². The van der Waals surface area contributed by atoms with Crippen LogP contribution in [0.4, 0.5) is 0 Å². The smallest absolute Gasteiger partial charge is 0.154 e. The average Bonchev–Trinajstić information content (AvgIpc) is 2.56. The van der Waals surface area contributed by atoms with E-state index in [-0.39, 0.29) is 0 Å². The third kappa shape index (κ3) is 1.29. The third-order valence-electron chi connectivity index (χ3n) is 2.40. The van der Waals surface area contributed by atoms with Gasteiger partial charge in [-0.15, -0.1) is 0 Å². The monoisotopic (exact) mass is 189 g/mol. The van der Waals surface area contributed by atoms with Gasteiger partial charge in [-0.1, -0.05) is 20.8 Å². The van der Waals surface area contributed by atoms with E-state index in [0.29, 0.717) is 5.92 Å². The zero-order valence-electron chi connectivity index (χ0n) is 8.86. The second kappa shape index (κ2) is 3.40. The van der Waals surface area contributed by atoms with Crippen molar-refractivity contribution in [2.45, 2.75) is 33.1 Å². The Balaban J connectivity index is 2.72. The van der Waals surface area contributed by atoms with Crippen molar-refractivity contribution in [2.75, 3.05) is 0 Å². The molecule has 3 nitrogen and oxygen atoms in total. The minimum atomic E-state index is 0.464. The molecule has 0 fully saturated rings. The summed E-state index contributed by atoms with van der Waals surface area (Å²) in [5.41, 5.74) is 3.36. The standard InChI is InChI=1S/C11H15N3/c1-4-9-11(8(2)3)13-10-6-5-7-12-14(9)10/h5-8H,4H2,1-3H3. The number of hydrogen-bond donors (Lipinski definition) is 0. The molecule has 0 aliphatic rings. The lowest BCUT2D eigenvalue weighted by Crippen LogP contribution is -1.98. The second-order valence-electron chi connectivity index (χ2n) is 3.75. The minimum Gasteiger partial charge on any atom is -0.232 e. The Bertz CT molecular complexity index is 443. The molecule has 0 radical (unpaired) electrons. The lowest BCUT2D eigenvalue weighted by atomic mass is 10.1. The molecular weight excluding hydrogens is 174 g/mol. The molecule has 2 aromatic heterocycles. The summed E-state index contributed by atoms with van der Waals surface area (Å²) in [5.74, 6) is 0.464. The quantitative estimate of drug-likeness (QED) is 0.726. The molecule has 0 atom stereocenters. The van der Waals surface area contributed by atoms with E-state index in [1.54, 1.807) is 6.20 Å². The first-order valence-electron chi connectivity index (χ1n) is 5.06. The predicted octanol–water partition coefficient (Wildman–Crippen LogP) is 2.42. The summed E-state index contributed by atoms with van der Waals surface area (Å²) in [5, 5.41) is 4.31. The van der Waals surface area contributed by atoms with Gasteiger partial charge in [0.15, 0.2) is 5.65 Å². The SMILES string of the molecule is CCc1c(C(C)C)nc2cccnn12. The maximum absolute atomic E-state index is 4.58. The van der Waals surface area contributed by atoms with Gasteiger partial charge in [-0.25, -0.2) is 9.50 Å². The Labute approximate surface area is 83.8 Å². The number of aryl methyl sites for hydroxylation is 1. The number of aromatic nitrogens is 3. The fourth-order valence-corrected chi connectivity index (χ4v) is 1.75. The third-order valence-corrected chi connectivity index (χ3v) is 2.40. The van der Waals surface area contributed by atoms with Crippen molar-refractivity contribution in [3.8, 4) is 0 Å². The van der Waals surface area contributed by atoms with Gasteiger partial charge in [0.1, 0.15) is 0 Å². The van der Waals surface area contributed by atoms with Crippen molar-refractivity contribution in [1.82, 2.24) is 14.6 Å². The van der Waals surface area contributed by atoms with Gasteiger partial charge in [-0.2, -0.15) is 5.10 Å². The number of rotatable bonds is 2. The highest BCUT2D eigenvalue weighted by atomic mass is 15.3. The molecule has 0 aromatic carbocycles. The van der Waals surface area contributed by atoms with Crippen LogP contribution in [0.15, 0.2) is 18.3 Å². The Hall–Kier alpha value is -1.38. The molecule has 0 saturated heterocycles. The van der Waals surface area contributed by atoms with E-state index in [4.69, 9.17) is 0 Å². The van der Waals surface area contributed by atoms with Crippen molar-refractivity contribution in [3.63, 3.8) is 0 Å². The van der Waals surface area contributed by atoms with E-state index in [0.717, 1.165) is 12.1 Å². The molecule has 0 saturated carbocycles. The van der Waals surface area contributed by atoms with Crippen LogP contribution in [0.1, 0.15) is 38.1 Å². The molecule has 2 rings (SSSR count). The van der Waals surface area contributed by atoms with Crippen molar-refractivity contribution in [3.05, 3.63) is 29.7 Å². The summed E-state index contributed by atoms with van der Waals surface area (Å²) >= 11 is 0. The Morgan fingerprint density at radius 3 is 2.86 bits per heavy atom. The summed E-state index contributed by atoms with van der Waals surface area (Å²) < 4.78 is 1.94. The van der Waals surface area contributed by atoms with Crippen LogP contribution in [0.5, 0.6) is 0 Å². The van der Waals surface area contributed by atoms with Crippen LogP contribution in [0.3, 0.4) is 0 Å². The van der Waals surface area contributed by atoms with E-state index in [1.165, 1.54) is 11.4 Å². The van der Waals surface area contributed by atoms with Crippen molar-refractivity contribution in [2.24, 2.45) is 0 Å². The second-order valence-corrected chi connectivity index (χ2v) is 3.75. The minimum absolute atomic E-state index is 0.464. The van der Waals surface area contributed by atoms with Gasteiger partial charge in [0.05, 0.1) is 11.4 Å². The van der Waals surface area contributed by atoms with Crippen LogP contribution in [0.2, 0.25) is 0 Å². The molecule has 74 valence electrons. The number of imidazole rings is 1. The summed E-state index contributed by atoms with van der Waals surface area (Å²) in [6.07, 6.45) is 2.78. The van der Waals surface area contributed by atoms with Crippen molar-refractivity contribution in [1.29, 1.82) is 0 Å². The first-order valence-corrected chi connectivity index (χ1v) is 5.06. The summed E-state index contributed by atoms with van der Waals surface area (Å²) in [4.78, 5) is 4.58. The highest BCUT2D eigenvalue weighted by Crippen LogP contribution is 2.19. The van der Waals surface area contributed by atoms with E-state index in [9.17, 15) is 0 Å². The van der Waals surface area contributed by atoms with E-state index in [2.05, 4.69) is 30.9 Å². The van der Waals surface area contributed by atoms with Crippen LogP contribution in [-0.2, 0) is 6.42 Å². The topological polar surface area (TPSA) is 30.2 Å². The molecule has 2 heterocycles. The maximum Gasteiger partial charge on any atom is 0.154 e. The Morgan fingerprint density at radius 1 is 1.43 bits per heavy atom. The summed E-state index contributed by atoms with van der Waals surface area (Å²) in [6, 6.07) is 3.92. The van der Waals surface area contributed by atoms with Gasteiger partial charge in [0, 0.05) is 6.20 Å². The highest BCUT2D eigenvalue weighted by molar-refractivity contribution is 5.41. The Morgan fingerprint density at radius 2 is 2.21 bits per heavy atom. The maximum atomic E-state index is 4.58. The van der Waals surface area contributed by atoms with Gasteiger partial charge < -0.3 is 0 Å². The van der Waals surface area contributed by atoms with Gasteiger partial charge >= 0.3 is 0 Å². The molecule has 0 unspecified atom stereocenters. The normalized spacial score (nSPS) is 11.4. The van der Waals surface area contributed by atoms with E-state index < -0.39 is 0 Å². The van der Waals surface area contributed by atoms with Crippen LogP contribution >= 0.6 is 0 Å². The number of hydrogen-bond acceptors (Lipinski definition) is 2. The van der Waals surface area contributed by atoms with E-state index in [1.807, 2.05) is 16.6 Å². The molecule has 0 amide bonds. The highest BCUT2D eigenvalue weighted by Gasteiger charge is 2.13. The molecule has 14 heavy (non-hydrogen) atoms. The van der Waals surface area contributed by atoms with Crippen LogP contribution in [0.25, 0.3) is 5.65 Å². The fourth-order valence-electron chi connectivity index (χ4n) is 1.75. The molecule has 0 bridgehead atoms. The number of fused-ring (bicyclic) bond motifs is 1. The molecule has 0 spiro atoms. The zero-order chi connectivity index (χ0) is 10.1. The van der Waals surface area contributed by atoms with Crippen molar-refractivity contribution >= 4 is 5.65 Å². The predicted molar refractivity (Wildman–Crippen MR) is 56.5 cm³/mol. The van der Waals surface area contributed by atoms with Crippen LogP contribution < -0.4 is 0 Å². The molecule has 0 aliphatic heterocycles. The first-order chi connectivity index (χ1) is 6.74. The number of nitrogens with zero attached hydrogens (tertiary/aromatic N) is 3. The van der Waals surface area contributed by atoms with E-state index >= 15 is 0 Å². The molecule has 3 heteroatoms. The Kier molecular flexibility index (Phi) is 2.23. The van der Waals surface area contributed by atoms with Crippen molar-refractivity contribution < 1.29 is 0 Å². The first kappa shape index (κ1) is 9.19. The largest absolute Gasteiger partial charge is 0.232 e. The summed E-state index contributed by atoms with van der Waals surface area (Å²) in [6.45, 7) is 6.48. The lowest BCUT2D eigenvalue weighted by molar-refractivity contribution is 0.785. The molecule has 0 N–H and O–H groups in total. The lowest BCUT2D eigenvalue weighted by Gasteiger charge is -2.02. The van der Waals surface area contributed by atoms with Gasteiger partial charge in [0.25, 0.3) is 0 Å². The van der Waals surface area contributed by atoms with Crippen LogP contribution in [0, 0.1) is 0 Å². The van der Waals surface area contributed by atoms with Gasteiger partial charge in [-0.3, -0.25) is 0 Å². The molecule has 2 aromatic rings. The average molecular weight is 189 g/mol. The zero-order valence-corrected chi connectivity index (χ0v) is 8.86. The molecular formula is C11H15N3. The molecule has 0 aliphatic carbocycles.